The Morgan fingerprint density at radius 1 is 1.13 bits per heavy atom. The highest BCUT2D eigenvalue weighted by Crippen LogP contribution is 2.28. The molecule has 1 aliphatic rings. The van der Waals surface area contributed by atoms with E-state index in [0.717, 1.165) is 37.0 Å². The number of nitrogens with zero attached hydrogens (tertiary/aromatic N) is 6. The molecule has 0 bridgehead atoms. The lowest BCUT2D eigenvalue weighted by molar-refractivity contribution is 0.0794. The summed E-state index contributed by atoms with van der Waals surface area (Å²) < 4.78 is 16.1. The van der Waals surface area contributed by atoms with Crippen molar-refractivity contribution in [3.8, 4) is 11.5 Å². The second-order valence-electron chi connectivity index (χ2n) is 7.62. The van der Waals surface area contributed by atoms with E-state index in [4.69, 9.17) is 4.98 Å². The van der Waals surface area contributed by atoms with Crippen LogP contribution in [0.3, 0.4) is 0 Å². The molecule has 2 N–H and O–H groups in total. The number of hydrogen-bond donors (Lipinski definition) is 2. The molecule has 0 spiro atoms. The summed E-state index contributed by atoms with van der Waals surface area (Å²) in [5.74, 6) is 0.475. The van der Waals surface area contributed by atoms with Gasteiger partial charge in [-0.3, -0.25) is 14.9 Å². The molecule has 1 fully saturated rings. The number of fused-ring (bicyclic) bond motifs is 1. The number of anilines is 2. The standard InChI is InChI=1S/C22H22FN7O/c23-17-13-24-9-4-18(17)26-22-20-15(14-29-10-6-16(31)7-11-29)5-12-30(20)28-21(27-22)19-3-1-2-8-25-19/h1-5,8-9,12-13,16,31H,6-7,10-11,14H2,(H,24,26,27,28). The first kappa shape index (κ1) is 19.5. The molecule has 1 aliphatic heterocycles. The fourth-order valence-electron chi connectivity index (χ4n) is 3.83. The number of halogens is 1. The van der Waals surface area contributed by atoms with Crippen LogP contribution < -0.4 is 5.32 Å². The van der Waals surface area contributed by atoms with E-state index in [1.54, 1.807) is 16.8 Å². The first-order chi connectivity index (χ1) is 15.2. The molecule has 0 saturated carbocycles. The van der Waals surface area contributed by atoms with E-state index < -0.39 is 5.82 Å². The van der Waals surface area contributed by atoms with Crippen LogP contribution in [-0.4, -0.2) is 53.8 Å². The SMILES string of the molecule is OC1CCN(Cc2ccn3nc(-c4ccccn4)nc(Nc4ccncc4F)c23)CC1. The number of aromatic nitrogens is 5. The quantitative estimate of drug-likeness (QED) is 0.514. The van der Waals surface area contributed by atoms with Crippen LogP contribution in [0.25, 0.3) is 17.0 Å². The number of piperidine rings is 1. The summed E-state index contributed by atoms with van der Waals surface area (Å²) in [6.07, 6.45) is 7.56. The highest BCUT2D eigenvalue weighted by molar-refractivity contribution is 5.78. The maximum atomic E-state index is 14.3. The molecule has 5 rings (SSSR count). The first-order valence-corrected chi connectivity index (χ1v) is 10.2. The lowest BCUT2D eigenvalue weighted by Gasteiger charge is -2.29. The van der Waals surface area contributed by atoms with Crippen LogP contribution in [0.4, 0.5) is 15.9 Å². The third kappa shape index (κ3) is 4.10. The van der Waals surface area contributed by atoms with E-state index in [1.807, 2.05) is 30.5 Å². The number of likely N-dealkylation sites (tertiary alicyclic amines) is 1. The van der Waals surface area contributed by atoms with Gasteiger partial charge in [-0.15, -0.1) is 5.10 Å². The highest BCUT2D eigenvalue weighted by atomic mass is 19.1. The molecule has 4 aromatic heterocycles. The number of rotatable bonds is 5. The Labute approximate surface area is 178 Å². The fourth-order valence-corrected chi connectivity index (χ4v) is 3.83. The maximum absolute atomic E-state index is 14.3. The van der Waals surface area contributed by atoms with Crippen molar-refractivity contribution >= 4 is 17.0 Å². The van der Waals surface area contributed by atoms with Gasteiger partial charge in [0.15, 0.2) is 11.6 Å². The Morgan fingerprint density at radius 3 is 2.77 bits per heavy atom. The summed E-state index contributed by atoms with van der Waals surface area (Å²) >= 11 is 0. The average Bonchev–Trinajstić information content (AvgIpc) is 3.20. The summed E-state index contributed by atoms with van der Waals surface area (Å²) in [4.78, 5) is 15.2. The molecule has 0 radical (unpaired) electrons. The van der Waals surface area contributed by atoms with Crippen LogP contribution in [0.5, 0.6) is 0 Å². The largest absolute Gasteiger partial charge is 0.393 e. The predicted molar refractivity (Wildman–Crippen MR) is 114 cm³/mol. The van der Waals surface area contributed by atoms with Gasteiger partial charge >= 0.3 is 0 Å². The molecule has 4 aromatic rings. The molecule has 0 atom stereocenters. The molecule has 31 heavy (non-hydrogen) atoms. The fraction of sp³-hybridized carbons (Fsp3) is 0.273. The number of nitrogens with one attached hydrogen (secondary N) is 1. The van der Waals surface area contributed by atoms with E-state index in [1.165, 1.54) is 12.4 Å². The van der Waals surface area contributed by atoms with Crippen molar-refractivity contribution < 1.29 is 9.50 Å². The summed E-state index contributed by atoms with van der Waals surface area (Å²) in [7, 11) is 0. The number of hydrogen-bond acceptors (Lipinski definition) is 7. The van der Waals surface area contributed by atoms with Crippen molar-refractivity contribution in [2.75, 3.05) is 18.4 Å². The lowest BCUT2D eigenvalue weighted by atomic mass is 10.1. The Bertz CT molecular complexity index is 1190. The van der Waals surface area contributed by atoms with Crippen LogP contribution in [-0.2, 0) is 6.54 Å². The Hall–Kier alpha value is -3.43. The molecule has 0 aliphatic carbocycles. The van der Waals surface area contributed by atoms with E-state index in [0.29, 0.717) is 23.9 Å². The van der Waals surface area contributed by atoms with Gasteiger partial charge in [0.25, 0.3) is 0 Å². The van der Waals surface area contributed by atoms with E-state index >= 15 is 0 Å². The first-order valence-electron chi connectivity index (χ1n) is 10.2. The topological polar surface area (TPSA) is 91.5 Å². The number of aliphatic hydroxyl groups is 1. The van der Waals surface area contributed by atoms with Gasteiger partial charge in [-0.05, 0) is 42.7 Å². The molecule has 0 unspecified atom stereocenters. The van der Waals surface area contributed by atoms with Gasteiger partial charge < -0.3 is 10.4 Å². The zero-order valence-electron chi connectivity index (χ0n) is 16.8. The van der Waals surface area contributed by atoms with Crippen molar-refractivity contribution in [3.05, 3.63) is 66.5 Å². The smallest absolute Gasteiger partial charge is 0.200 e. The molecule has 158 valence electrons. The highest BCUT2D eigenvalue weighted by Gasteiger charge is 2.21. The van der Waals surface area contributed by atoms with Crippen molar-refractivity contribution in [3.63, 3.8) is 0 Å². The normalized spacial score (nSPS) is 15.4. The monoisotopic (exact) mass is 419 g/mol. The van der Waals surface area contributed by atoms with E-state index in [-0.39, 0.29) is 11.8 Å². The molecule has 0 amide bonds. The summed E-state index contributed by atoms with van der Waals surface area (Å²) in [5.41, 5.74) is 2.72. The third-order valence-electron chi connectivity index (χ3n) is 5.47. The second kappa shape index (κ2) is 8.37. The Morgan fingerprint density at radius 2 is 2.00 bits per heavy atom. The van der Waals surface area contributed by atoms with Gasteiger partial charge in [0.05, 0.1) is 18.0 Å². The van der Waals surface area contributed by atoms with Crippen LogP contribution in [0.2, 0.25) is 0 Å². The molecule has 9 heteroatoms. The van der Waals surface area contributed by atoms with E-state index in [9.17, 15) is 9.50 Å². The minimum absolute atomic E-state index is 0.224. The minimum atomic E-state index is -0.461. The van der Waals surface area contributed by atoms with Gasteiger partial charge in [0.1, 0.15) is 11.2 Å². The average molecular weight is 419 g/mol. The zero-order chi connectivity index (χ0) is 21.2. The molecular weight excluding hydrogens is 397 g/mol. The van der Waals surface area contributed by atoms with E-state index in [2.05, 4.69) is 25.3 Å². The van der Waals surface area contributed by atoms with Crippen LogP contribution in [0, 0.1) is 5.82 Å². The van der Waals surface area contributed by atoms with Crippen molar-refractivity contribution in [2.45, 2.75) is 25.5 Å². The summed E-state index contributed by atoms with van der Waals surface area (Å²) in [6.45, 7) is 2.35. The van der Waals surface area contributed by atoms with Gasteiger partial charge in [-0.1, -0.05) is 6.07 Å². The second-order valence-corrected chi connectivity index (χ2v) is 7.62. The van der Waals surface area contributed by atoms with Crippen molar-refractivity contribution in [1.29, 1.82) is 0 Å². The van der Waals surface area contributed by atoms with Gasteiger partial charge in [-0.2, -0.15) is 0 Å². The maximum Gasteiger partial charge on any atom is 0.200 e. The van der Waals surface area contributed by atoms with Crippen molar-refractivity contribution in [1.82, 2.24) is 29.5 Å². The Balaban J connectivity index is 1.57. The van der Waals surface area contributed by atoms with Crippen LogP contribution in [0.1, 0.15) is 18.4 Å². The molecule has 5 heterocycles. The number of aliphatic hydroxyl groups excluding tert-OH is 1. The third-order valence-corrected chi connectivity index (χ3v) is 5.47. The van der Waals surface area contributed by atoms with Gasteiger partial charge in [-0.25, -0.2) is 13.9 Å². The minimum Gasteiger partial charge on any atom is -0.393 e. The van der Waals surface area contributed by atoms with Gasteiger partial charge in [0, 0.05) is 38.2 Å². The molecular formula is C22H22FN7O. The predicted octanol–water partition coefficient (Wildman–Crippen LogP) is 3.03. The van der Waals surface area contributed by atoms with Crippen LogP contribution >= 0.6 is 0 Å². The van der Waals surface area contributed by atoms with Crippen molar-refractivity contribution in [2.24, 2.45) is 0 Å². The summed E-state index contributed by atoms with van der Waals surface area (Å²) in [6, 6.07) is 9.12. The lowest BCUT2D eigenvalue weighted by Crippen LogP contribution is -2.35. The molecule has 8 nitrogen and oxygen atoms in total. The Kier molecular flexibility index (Phi) is 5.27. The summed E-state index contributed by atoms with van der Waals surface area (Å²) in [5, 5.41) is 17.5. The number of pyridine rings is 2. The van der Waals surface area contributed by atoms with Crippen LogP contribution in [0.15, 0.2) is 55.1 Å². The van der Waals surface area contributed by atoms with Gasteiger partial charge in [0.2, 0.25) is 5.82 Å². The zero-order valence-corrected chi connectivity index (χ0v) is 16.8. The molecule has 0 aromatic carbocycles. The molecule has 1 saturated heterocycles.